The molecule has 6 nitrogen and oxygen atoms in total. The van der Waals surface area contributed by atoms with Crippen LogP contribution in [0.25, 0.3) is 0 Å². The van der Waals surface area contributed by atoms with E-state index in [4.69, 9.17) is 5.73 Å². The van der Waals surface area contributed by atoms with Gasteiger partial charge in [-0.1, -0.05) is 30.3 Å². The molecule has 0 unspecified atom stereocenters. The summed E-state index contributed by atoms with van der Waals surface area (Å²) in [4.78, 5) is 23.7. The number of nitrogens with two attached hydrogens (primary N) is 1. The third-order valence-electron chi connectivity index (χ3n) is 2.93. The predicted octanol–water partition coefficient (Wildman–Crippen LogP) is 0.685. The van der Waals surface area contributed by atoms with Gasteiger partial charge in [0.1, 0.15) is 11.7 Å². The molecule has 0 aliphatic rings. The third-order valence-corrected chi connectivity index (χ3v) is 2.93. The Morgan fingerprint density at radius 1 is 1.30 bits per heavy atom. The topological polar surface area (TPSA) is 90.0 Å². The van der Waals surface area contributed by atoms with Crippen molar-refractivity contribution in [1.82, 2.24) is 15.1 Å². The van der Waals surface area contributed by atoms with Crippen LogP contribution >= 0.6 is 0 Å². The van der Waals surface area contributed by atoms with Gasteiger partial charge in [-0.2, -0.15) is 5.10 Å². The summed E-state index contributed by atoms with van der Waals surface area (Å²) in [5.41, 5.74) is 7.12. The fraction of sp³-hybridized carbons (Fsp3) is 0.214. The Morgan fingerprint density at radius 2 is 1.95 bits per heavy atom. The van der Waals surface area contributed by atoms with Crippen molar-refractivity contribution >= 4 is 11.8 Å². The van der Waals surface area contributed by atoms with E-state index in [-0.39, 0.29) is 5.91 Å². The summed E-state index contributed by atoms with van der Waals surface area (Å²) >= 11 is 0. The first-order valence-electron chi connectivity index (χ1n) is 6.15. The molecule has 104 valence electrons. The second kappa shape index (κ2) is 5.56. The number of hydrogen-bond acceptors (Lipinski definition) is 3. The lowest BCUT2D eigenvalue weighted by Crippen LogP contribution is -2.38. The minimum atomic E-state index is -0.862. The molecule has 0 bridgehead atoms. The highest BCUT2D eigenvalue weighted by molar-refractivity contribution is 5.96. The van der Waals surface area contributed by atoms with E-state index in [1.165, 1.54) is 4.68 Å². The summed E-state index contributed by atoms with van der Waals surface area (Å²) in [7, 11) is 1.67. The SMILES string of the molecule is Cc1cc(C(=O)N[C@@H](C(N)=O)c2ccccc2)n(C)n1. The summed E-state index contributed by atoms with van der Waals surface area (Å²) in [6, 6.07) is 9.66. The van der Waals surface area contributed by atoms with Crippen LogP contribution in [0.4, 0.5) is 0 Å². The number of primary amides is 1. The molecule has 1 aromatic heterocycles. The lowest BCUT2D eigenvalue weighted by atomic mass is 10.1. The van der Waals surface area contributed by atoms with E-state index in [9.17, 15) is 9.59 Å². The van der Waals surface area contributed by atoms with Gasteiger partial charge in [-0.25, -0.2) is 0 Å². The van der Waals surface area contributed by atoms with Gasteiger partial charge in [-0.05, 0) is 18.6 Å². The number of hydrogen-bond donors (Lipinski definition) is 2. The van der Waals surface area contributed by atoms with Gasteiger partial charge < -0.3 is 11.1 Å². The van der Waals surface area contributed by atoms with E-state index in [0.717, 1.165) is 5.69 Å². The second-order valence-corrected chi connectivity index (χ2v) is 4.51. The number of rotatable bonds is 4. The first-order chi connectivity index (χ1) is 9.49. The highest BCUT2D eigenvalue weighted by atomic mass is 16.2. The van der Waals surface area contributed by atoms with Crippen molar-refractivity contribution in [2.75, 3.05) is 0 Å². The predicted molar refractivity (Wildman–Crippen MR) is 73.8 cm³/mol. The van der Waals surface area contributed by atoms with Crippen molar-refractivity contribution in [3.63, 3.8) is 0 Å². The van der Waals surface area contributed by atoms with E-state index in [2.05, 4.69) is 10.4 Å². The van der Waals surface area contributed by atoms with Crippen LogP contribution in [0.3, 0.4) is 0 Å². The van der Waals surface area contributed by atoms with Crippen LogP contribution in [-0.2, 0) is 11.8 Å². The molecule has 0 radical (unpaired) electrons. The van der Waals surface area contributed by atoms with Crippen LogP contribution in [-0.4, -0.2) is 21.6 Å². The van der Waals surface area contributed by atoms with Crippen molar-refractivity contribution in [1.29, 1.82) is 0 Å². The van der Waals surface area contributed by atoms with E-state index in [0.29, 0.717) is 11.3 Å². The normalized spacial score (nSPS) is 11.9. The van der Waals surface area contributed by atoms with E-state index < -0.39 is 11.9 Å². The quantitative estimate of drug-likeness (QED) is 0.857. The fourth-order valence-corrected chi connectivity index (χ4v) is 1.99. The van der Waals surface area contributed by atoms with E-state index >= 15 is 0 Å². The maximum atomic E-state index is 12.2. The molecule has 0 spiro atoms. The van der Waals surface area contributed by atoms with Crippen LogP contribution in [0.15, 0.2) is 36.4 Å². The van der Waals surface area contributed by atoms with E-state index in [1.807, 2.05) is 6.07 Å². The van der Waals surface area contributed by atoms with Crippen molar-refractivity contribution in [3.8, 4) is 0 Å². The molecule has 2 aromatic rings. The number of nitrogens with zero attached hydrogens (tertiary/aromatic N) is 2. The van der Waals surface area contributed by atoms with Crippen molar-refractivity contribution in [2.24, 2.45) is 12.8 Å². The minimum Gasteiger partial charge on any atom is -0.368 e. The van der Waals surface area contributed by atoms with Crippen LogP contribution in [0.2, 0.25) is 0 Å². The van der Waals surface area contributed by atoms with Crippen LogP contribution in [0, 0.1) is 6.92 Å². The summed E-state index contributed by atoms with van der Waals surface area (Å²) < 4.78 is 1.47. The van der Waals surface area contributed by atoms with Gasteiger partial charge in [0.15, 0.2) is 0 Å². The van der Waals surface area contributed by atoms with Crippen LogP contribution in [0.5, 0.6) is 0 Å². The molecule has 1 aromatic carbocycles. The monoisotopic (exact) mass is 272 g/mol. The van der Waals surface area contributed by atoms with Crippen LogP contribution in [0.1, 0.15) is 27.8 Å². The third kappa shape index (κ3) is 2.85. The van der Waals surface area contributed by atoms with Gasteiger partial charge in [-0.3, -0.25) is 14.3 Å². The number of carbonyl (C=O) groups is 2. The summed E-state index contributed by atoms with van der Waals surface area (Å²) in [5, 5.41) is 6.73. The standard InChI is InChI=1S/C14H16N4O2/c1-9-8-11(18(2)17-9)14(20)16-12(13(15)19)10-6-4-3-5-7-10/h3-8,12H,1-2H3,(H2,15,19)(H,16,20)/t12-/m1/s1. The maximum Gasteiger partial charge on any atom is 0.270 e. The highest BCUT2D eigenvalue weighted by Crippen LogP contribution is 2.13. The summed E-state index contributed by atoms with van der Waals surface area (Å²) in [5.74, 6) is -0.996. The van der Waals surface area contributed by atoms with Crippen molar-refractivity contribution < 1.29 is 9.59 Å². The molecular weight excluding hydrogens is 256 g/mol. The van der Waals surface area contributed by atoms with Crippen LogP contribution < -0.4 is 11.1 Å². The smallest absolute Gasteiger partial charge is 0.270 e. The Kier molecular flexibility index (Phi) is 3.84. The van der Waals surface area contributed by atoms with Gasteiger partial charge in [0.2, 0.25) is 5.91 Å². The Labute approximate surface area is 116 Å². The number of aryl methyl sites for hydroxylation is 2. The fourth-order valence-electron chi connectivity index (χ4n) is 1.99. The lowest BCUT2D eigenvalue weighted by molar-refractivity contribution is -0.120. The lowest BCUT2D eigenvalue weighted by Gasteiger charge is -2.15. The molecule has 20 heavy (non-hydrogen) atoms. The molecule has 1 atom stereocenters. The molecule has 2 rings (SSSR count). The summed E-state index contributed by atoms with van der Waals surface area (Å²) in [6.07, 6.45) is 0. The molecule has 6 heteroatoms. The number of amides is 2. The maximum absolute atomic E-state index is 12.2. The molecule has 1 heterocycles. The highest BCUT2D eigenvalue weighted by Gasteiger charge is 2.22. The Hall–Kier alpha value is -2.63. The largest absolute Gasteiger partial charge is 0.368 e. The van der Waals surface area contributed by atoms with Gasteiger partial charge in [0.05, 0.1) is 5.69 Å². The van der Waals surface area contributed by atoms with E-state index in [1.54, 1.807) is 44.3 Å². The summed E-state index contributed by atoms with van der Waals surface area (Å²) in [6.45, 7) is 1.79. The first-order valence-corrected chi connectivity index (χ1v) is 6.15. The van der Waals surface area contributed by atoms with Crippen molar-refractivity contribution in [3.05, 3.63) is 53.3 Å². The van der Waals surface area contributed by atoms with Gasteiger partial charge in [0.25, 0.3) is 5.91 Å². The molecule has 0 fully saturated rings. The zero-order valence-electron chi connectivity index (χ0n) is 11.3. The number of carbonyl (C=O) groups excluding carboxylic acids is 2. The zero-order chi connectivity index (χ0) is 14.7. The molecule has 0 aliphatic carbocycles. The Morgan fingerprint density at radius 3 is 2.45 bits per heavy atom. The molecular formula is C14H16N4O2. The molecule has 0 saturated carbocycles. The van der Waals surface area contributed by atoms with Gasteiger partial charge >= 0.3 is 0 Å². The number of benzene rings is 1. The second-order valence-electron chi connectivity index (χ2n) is 4.51. The number of nitrogens with one attached hydrogen (secondary N) is 1. The van der Waals surface area contributed by atoms with Gasteiger partial charge in [0, 0.05) is 7.05 Å². The molecule has 3 N–H and O–H groups in total. The Balaban J connectivity index is 2.23. The van der Waals surface area contributed by atoms with Gasteiger partial charge in [-0.15, -0.1) is 0 Å². The molecule has 0 aliphatic heterocycles. The molecule has 0 saturated heterocycles. The van der Waals surface area contributed by atoms with Crippen molar-refractivity contribution in [2.45, 2.75) is 13.0 Å². The Bertz CT molecular complexity index is 634. The minimum absolute atomic E-state index is 0.379. The number of aromatic nitrogens is 2. The zero-order valence-corrected chi connectivity index (χ0v) is 11.3. The average molecular weight is 272 g/mol. The average Bonchev–Trinajstić information content (AvgIpc) is 2.75. The first kappa shape index (κ1) is 13.8. The molecule has 2 amide bonds.